The van der Waals surface area contributed by atoms with Gasteiger partial charge in [0.25, 0.3) is 0 Å². The maximum atomic E-state index is 12.9. The molecule has 0 atom stereocenters. The molecule has 0 heterocycles. The Balaban J connectivity index is 1.90. The Hall–Kier alpha value is -2.50. The van der Waals surface area contributed by atoms with Crippen LogP contribution in [0.4, 0.5) is 24.5 Å². The van der Waals surface area contributed by atoms with E-state index in [2.05, 4.69) is 10.6 Å². The Kier molecular flexibility index (Phi) is 5.49. The van der Waals surface area contributed by atoms with E-state index in [1.54, 1.807) is 6.07 Å². The van der Waals surface area contributed by atoms with Crippen LogP contribution in [0.5, 0.6) is 0 Å². The summed E-state index contributed by atoms with van der Waals surface area (Å²) in [5.41, 5.74) is 2.10. The second-order valence-electron chi connectivity index (χ2n) is 5.57. The van der Waals surface area contributed by atoms with Crippen molar-refractivity contribution in [3.05, 3.63) is 59.2 Å². The summed E-state index contributed by atoms with van der Waals surface area (Å²) in [6.07, 6.45) is -4.36. The molecule has 0 spiro atoms. The Bertz CT molecular complexity index is 726. The van der Waals surface area contributed by atoms with Gasteiger partial charge in [-0.05, 0) is 49.2 Å². The van der Waals surface area contributed by atoms with E-state index in [1.165, 1.54) is 18.2 Å². The van der Waals surface area contributed by atoms with Crippen molar-refractivity contribution in [3.63, 3.8) is 0 Å². The molecule has 3 nitrogen and oxygen atoms in total. The van der Waals surface area contributed by atoms with Gasteiger partial charge in [0, 0.05) is 24.3 Å². The number of para-hydroxylation sites is 1. The monoisotopic (exact) mass is 336 g/mol. The molecule has 0 aromatic heterocycles. The van der Waals surface area contributed by atoms with E-state index in [0.717, 1.165) is 17.2 Å². The average Bonchev–Trinajstić information content (AvgIpc) is 2.50. The van der Waals surface area contributed by atoms with Gasteiger partial charge in [-0.3, -0.25) is 4.79 Å². The lowest BCUT2D eigenvalue weighted by atomic mass is 10.1. The van der Waals surface area contributed by atoms with E-state index in [0.29, 0.717) is 5.69 Å². The summed E-state index contributed by atoms with van der Waals surface area (Å²) < 4.78 is 38.6. The molecule has 24 heavy (non-hydrogen) atoms. The highest BCUT2D eigenvalue weighted by Crippen LogP contribution is 2.34. The molecule has 0 aliphatic carbocycles. The van der Waals surface area contributed by atoms with Gasteiger partial charge in [-0.15, -0.1) is 0 Å². The van der Waals surface area contributed by atoms with Crippen molar-refractivity contribution >= 4 is 17.3 Å². The molecule has 128 valence electrons. The van der Waals surface area contributed by atoms with Gasteiger partial charge < -0.3 is 10.6 Å². The van der Waals surface area contributed by atoms with Gasteiger partial charge in [-0.2, -0.15) is 13.2 Å². The molecular weight excluding hydrogens is 317 g/mol. The highest BCUT2D eigenvalue weighted by atomic mass is 19.4. The highest BCUT2D eigenvalue weighted by Gasteiger charge is 2.32. The first-order chi connectivity index (χ1) is 11.3. The van der Waals surface area contributed by atoms with Crippen LogP contribution >= 0.6 is 0 Å². The second kappa shape index (κ2) is 7.38. The number of alkyl halides is 3. The molecule has 2 aromatic rings. The molecule has 0 fully saturated rings. The molecule has 1 amide bonds. The van der Waals surface area contributed by atoms with Gasteiger partial charge in [0.2, 0.25) is 5.91 Å². The summed E-state index contributed by atoms with van der Waals surface area (Å²) in [5.74, 6) is -0.254. The first-order valence-corrected chi connectivity index (χ1v) is 7.54. The standard InChI is InChI=1S/C18H19F3N2O/c1-12-7-8-14(11-13(12)2)23-17(24)9-10-22-16-6-4-3-5-15(16)18(19,20)21/h3-8,11,22H,9-10H2,1-2H3,(H,23,24). The molecule has 0 aliphatic heterocycles. The van der Waals surface area contributed by atoms with Crippen molar-refractivity contribution in [3.8, 4) is 0 Å². The number of hydrogen-bond donors (Lipinski definition) is 2. The first-order valence-electron chi connectivity index (χ1n) is 7.54. The van der Waals surface area contributed by atoms with Crippen LogP contribution in [-0.4, -0.2) is 12.5 Å². The van der Waals surface area contributed by atoms with E-state index in [9.17, 15) is 18.0 Å². The molecule has 0 aliphatic rings. The van der Waals surface area contributed by atoms with Gasteiger partial charge in [0.15, 0.2) is 0 Å². The largest absolute Gasteiger partial charge is 0.418 e. The van der Waals surface area contributed by atoms with E-state index >= 15 is 0 Å². The summed E-state index contributed by atoms with van der Waals surface area (Å²) >= 11 is 0. The van der Waals surface area contributed by atoms with Crippen LogP contribution in [0, 0.1) is 13.8 Å². The van der Waals surface area contributed by atoms with Crippen LogP contribution in [0.25, 0.3) is 0 Å². The molecule has 2 N–H and O–H groups in total. The van der Waals surface area contributed by atoms with Crippen molar-refractivity contribution in [1.82, 2.24) is 0 Å². The molecule has 0 radical (unpaired) electrons. The van der Waals surface area contributed by atoms with E-state index in [-0.39, 0.29) is 24.6 Å². The molecule has 2 aromatic carbocycles. The normalized spacial score (nSPS) is 11.2. The van der Waals surface area contributed by atoms with Crippen molar-refractivity contribution < 1.29 is 18.0 Å². The number of benzene rings is 2. The van der Waals surface area contributed by atoms with Crippen LogP contribution in [-0.2, 0) is 11.0 Å². The summed E-state index contributed by atoms with van der Waals surface area (Å²) in [4.78, 5) is 11.9. The maximum absolute atomic E-state index is 12.9. The van der Waals surface area contributed by atoms with Crippen molar-refractivity contribution in [2.24, 2.45) is 0 Å². The summed E-state index contributed by atoms with van der Waals surface area (Å²) in [7, 11) is 0. The van der Waals surface area contributed by atoms with Crippen molar-refractivity contribution in [2.75, 3.05) is 17.2 Å². The van der Waals surface area contributed by atoms with Crippen LogP contribution in [0.3, 0.4) is 0 Å². The smallest absolute Gasteiger partial charge is 0.384 e. The maximum Gasteiger partial charge on any atom is 0.418 e. The topological polar surface area (TPSA) is 41.1 Å². The van der Waals surface area contributed by atoms with Crippen LogP contribution in [0.15, 0.2) is 42.5 Å². The molecule has 0 unspecified atom stereocenters. The fourth-order valence-electron chi connectivity index (χ4n) is 2.24. The van der Waals surface area contributed by atoms with Crippen LogP contribution in [0.2, 0.25) is 0 Å². The highest BCUT2D eigenvalue weighted by molar-refractivity contribution is 5.91. The van der Waals surface area contributed by atoms with E-state index in [1.807, 2.05) is 26.0 Å². The van der Waals surface area contributed by atoms with Gasteiger partial charge >= 0.3 is 6.18 Å². The number of carbonyl (C=O) groups excluding carboxylic acids is 1. The minimum Gasteiger partial charge on any atom is -0.384 e. The Morgan fingerprint density at radius 3 is 2.42 bits per heavy atom. The second-order valence-corrected chi connectivity index (χ2v) is 5.57. The zero-order valence-electron chi connectivity index (χ0n) is 13.5. The van der Waals surface area contributed by atoms with E-state index < -0.39 is 11.7 Å². The number of hydrogen-bond acceptors (Lipinski definition) is 2. The number of amides is 1. The molecule has 6 heteroatoms. The third-order valence-corrected chi connectivity index (χ3v) is 3.69. The zero-order chi connectivity index (χ0) is 17.7. The third kappa shape index (κ3) is 4.75. The Morgan fingerprint density at radius 1 is 1.04 bits per heavy atom. The molecule has 2 rings (SSSR count). The van der Waals surface area contributed by atoms with Gasteiger partial charge in [0.1, 0.15) is 0 Å². The van der Waals surface area contributed by atoms with Crippen molar-refractivity contribution in [2.45, 2.75) is 26.4 Å². The number of aryl methyl sites for hydroxylation is 2. The zero-order valence-corrected chi connectivity index (χ0v) is 13.5. The fourth-order valence-corrected chi connectivity index (χ4v) is 2.24. The summed E-state index contributed by atoms with van der Waals surface area (Å²) in [6, 6.07) is 10.8. The number of rotatable bonds is 5. The molecule has 0 bridgehead atoms. The van der Waals surface area contributed by atoms with Crippen LogP contribution in [0.1, 0.15) is 23.1 Å². The minimum absolute atomic E-state index is 0.0241. The number of nitrogens with one attached hydrogen (secondary N) is 2. The van der Waals surface area contributed by atoms with Crippen LogP contribution < -0.4 is 10.6 Å². The lowest BCUT2D eigenvalue weighted by molar-refractivity contribution is -0.137. The summed E-state index contributed by atoms with van der Waals surface area (Å²) in [6.45, 7) is 4.04. The number of anilines is 2. The fraction of sp³-hybridized carbons (Fsp3) is 0.278. The predicted molar refractivity (Wildman–Crippen MR) is 89.1 cm³/mol. The molecular formula is C18H19F3N2O. The van der Waals surface area contributed by atoms with E-state index in [4.69, 9.17) is 0 Å². The predicted octanol–water partition coefficient (Wildman–Crippen LogP) is 4.76. The summed E-state index contributed by atoms with van der Waals surface area (Å²) in [5, 5.41) is 5.42. The average molecular weight is 336 g/mol. The Morgan fingerprint density at radius 2 is 1.75 bits per heavy atom. The number of carbonyl (C=O) groups is 1. The third-order valence-electron chi connectivity index (χ3n) is 3.69. The Labute approximate surface area is 138 Å². The minimum atomic E-state index is -4.43. The quantitative estimate of drug-likeness (QED) is 0.826. The van der Waals surface area contributed by atoms with Gasteiger partial charge in [-0.1, -0.05) is 18.2 Å². The lowest BCUT2D eigenvalue weighted by Gasteiger charge is -2.14. The first kappa shape index (κ1) is 17.8. The molecule has 0 saturated carbocycles. The van der Waals surface area contributed by atoms with Gasteiger partial charge in [0.05, 0.1) is 5.56 Å². The van der Waals surface area contributed by atoms with Crippen molar-refractivity contribution in [1.29, 1.82) is 0 Å². The number of halogens is 3. The van der Waals surface area contributed by atoms with Gasteiger partial charge in [-0.25, -0.2) is 0 Å². The molecule has 0 saturated heterocycles. The lowest BCUT2D eigenvalue weighted by Crippen LogP contribution is -2.18. The SMILES string of the molecule is Cc1ccc(NC(=O)CCNc2ccccc2C(F)(F)F)cc1C.